The van der Waals surface area contributed by atoms with Gasteiger partial charge in [0.15, 0.2) is 0 Å². The fraction of sp³-hybridized carbons (Fsp3) is 0.632. The third-order valence-electron chi connectivity index (χ3n) is 5.83. The number of aryl methyl sites for hydroxylation is 2. The Kier molecular flexibility index (Phi) is 4.36. The molecule has 5 heterocycles. The van der Waals surface area contributed by atoms with Gasteiger partial charge in [-0.25, -0.2) is 4.68 Å². The number of hydrogen-bond donors (Lipinski definition) is 0. The number of aromatic nitrogens is 4. The average Bonchev–Trinajstić information content (AvgIpc) is 3.03. The van der Waals surface area contributed by atoms with Gasteiger partial charge in [0.25, 0.3) is 5.56 Å². The minimum absolute atomic E-state index is 0.0652. The van der Waals surface area contributed by atoms with Gasteiger partial charge >= 0.3 is 0 Å². The first-order valence-corrected chi connectivity index (χ1v) is 10.9. The summed E-state index contributed by atoms with van der Waals surface area (Å²) in [4.78, 5) is 14.8. The fourth-order valence-corrected chi connectivity index (χ4v) is 5.36. The summed E-state index contributed by atoms with van der Waals surface area (Å²) < 4.78 is 3.89. The van der Waals surface area contributed by atoms with Crippen LogP contribution in [-0.4, -0.2) is 43.3 Å². The molecule has 1 saturated heterocycles. The Labute approximate surface area is 157 Å². The Morgan fingerprint density at radius 3 is 3.08 bits per heavy atom. The summed E-state index contributed by atoms with van der Waals surface area (Å²) in [5, 5.41) is 9.19. The summed E-state index contributed by atoms with van der Waals surface area (Å²) in [7, 11) is 0. The zero-order chi connectivity index (χ0) is 17.5. The molecule has 0 bridgehead atoms. The van der Waals surface area contributed by atoms with E-state index in [-0.39, 0.29) is 5.56 Å². The van der Waals surface area contributed by atoms with E-state index in [9.17, 15) is 4.79 Å². The van der Waals surface area contributed by atoms with Crippen molar-refractivity contribution in [2.45, 2.75) is 51.1 Å². The SMILES string of the molecule is O=c1cc2c(nn1CC1CN(Cc3cnn4c3CCCC4)C1)CCSC2. The topological polar surface area (TPSA) is 56.0 Å². The Morgan fingerprint density at radius 1 is 1.23 bits per heavy atom. The number of fused-ring (bicyclic) bond motifs is 2. The lowest BCUT2D eigenvalue weighted by Crippen LogP contribution is -2.49. The lowest BCUT2D eigenvalue weighted by molar-refractivity contribution is 0.0761. The molecule has 1 fully saturated rings. The molecule has 0 spiro atoms. The van der Waals surface area contributed by atoms with Crippen molar-refractivity contribution in [1.29, 1.82) is 0 Å². The monoisotopic (exact) mass is 371 g/mol. The minimum atomic E-state index is 0.0652. The van der Waals surface area contributed by atoms with Gasteiger partial charge in [-0.05, 0) is 30.6 Å². The van der Waals surface area contributed by atoms with Gasteiger partial charge in [-0.1, -0.05) is 0 Å². The molecule has 0 aliphatic carbocycles. The van der Waals surface area contributed by atoms with E-state index in [0.717, 1.165) is 61.9 Å². The van der Waals surface area contributed by atoms with E-state index in [0.29, 0.717) is 5.92 Å². The van der Waals surface area contributed by atoms with Crippen LogP contribution in [0, 0.1) is 5.92 Å². The molecular formula is C19H25N5OS. The first-order chi connectivity index (χ1) is 12.8. The highest BCUT2D eigenvalue weighted by Gasteiger charge is 2.29. The predicted octanol–water partition coefficient (Wildman–Crippen LogP) is 1.70. The summed E-state index contributed by atoms with van der Waals surface area (Å²) in [5.41, 5.74) is 5.17. The second-order valence-electron chi connectivity index (χ2n) is 7.80. The van der Waals surface area contributed by atoms with Gasteiger partial charge in [0.1, 0.15) is 0 Å². The summed E-state index contributed by atoms with van der Waals surface area (Å²) in [6, 6.07) is 1.81. The molecule has 0 radical (unpaired) electrons. The summed E-state index contributed by atoms with van der Waals surface area (Å²) in [6.45, 7) is 4.91. The van der Waals surface area contributed by atoms with Crippen molar-refractivity contribution >= 4 is 11.8 Å². The highest BCUT2D eigenvalue weighted by Crippen LogP contribution is 2.25. The molecule has 0 atom stereocenters. The molecule has 0 aromatic carbocycles. The number of thioether (sulfide) groups is 1. The molecule has 0 saturated carbocycles. The smallest absolute Gasteiger partial charge is 0.267 e. The van der Waals surface area contributed by atoms with Crippen molar-refractivity contribution in [2.75, 3.05) is 18.8 Å². The second kappa shape index (κ2) is 6.85. The van der Waals surface area contributed by atoms with Crippen molar-refractivity contribution in [3.63, 3.8) is 0 Å². The maximum atomic E-state index is 12.3. The van der Waals surface area contributed by atoms with E-state index >= 15 is 0 Å². The first kappa shape index (κ1) is 16.6. The zero-order valence-electron chi connectivity index (χ0n) is 15.1. The van der Waals surface area contributed by atoms with E-state index in [1.165, 1.54) is 30.5 Å². The van der Waals surface area contributed by atoms with Gasteiger partial charge < -0.3 is 0 Å². The van der Waals surface area contributed by atoms with Crippen molar-refractivity contribution in [3.8, 4) is 0 Å². The summed E-state index contributed by atoms with van der Waals surface area (Å²) >= 11 is 1.89. The lowest BCUT2D eigenvalue weighted by Gasteiger charge is -2.39. The molecule has 3 aliphatic heterocycles. The Morgan fingerprint density at radius 2 is 2.15 bits per heavy atom. The molecule has 6 nitrogen and oxygen atoms in total. The van der Waals surface area contributed by atoms with Crippen LogP contribution in [0.2, 0.25) is 0 Å². The summed E-state index contributed by atoms with van der Waals surface area (Å²) in [5.74, 6) is 2.58. The van der Waals surface area contributed by atoms with Crippen molar-refractivity contribution in [1.82, 2.24) is 24.5 Å². The molecule has 2 aromatic rings. The van der Waals surface area contributed by atoms with E-state index in [1.807, 2.05) is 17.8 Å². The van der Waals surface area contributed by atoms with Gasteiger partial charge in [-0.3, -0.25) is 14.4 Å². The molecule has 5 rings (SSSR count). The lowest BCUT2D eigenvalue weighted by atomic mass is 9.98. The largest absolute Gasteiger partial charge is 0.298 e. The van der Waals surface area contributed by atoms with Crippen LogP contribution in [0.1, 0.15) is 35.4 Å². The molecule has 0 amide bonds. The van der Waals surface area contributed by atoms with Crippen LogP contribution >= 0.6 is 11.8 Å². The standard InChI is InChI=1S/C19H25N5OS/c25-19-7-15-13-26-6-4-17(15)21-24(19)11-14-9-22(10-14)12-16-8-20-23-5-2-1-3-18(16)23/h7-8,14H,1-6,9-13H2. The number of likely N-dealkylation sites (tertiary alicyclic amines) is 1. The normalized spacial score (nSPS) is 20.5. The highest BCUT2D eigenvalue weighted by atomic mass is 32.2. The third kappa shape index (κ3) is 3.11. The molecule has 3 aliphatic rings. The Balaban J connectivity index is 1.20. The zero-order valence-corrected chi connectivity index (χ0v) is 15.9. The van der Waals surface area contributed by atoms with Crippen LogP contribution in [0.5, 0.6) is 0 Å². The van der Waals surface area contributed by atoms with Gasteiger partial charge in [0.05, 0.1) is 18.4 Å². The molecule has 2 aromatic heterocycles. The first-order valence-electron chi connectivity index (χ1n) is 9.70. The van der Waals surface area contributed by atoms with Crippen LogP contribution in [0.3, 0.4) is 0 Å². The predicted molar refractivity (Wildman–Crippen MR) is 102 cm³/mol. The highest BCUT2D eigenvalue weighted by molar-refractivity contribution is 7.98. The molecule has 138 valence electrons. The number of hydrogen-bond acceptors (Lipinski definition) is 5. The van der Waals surface area contributed by atoms with Crippen LogP contribution in [-0.2, 0) is 38.2 Å². The van der Waals surface area contributed by atoms with Crippen LogP contribution in [0.4, 0.5) is 0 Å². The quantitative estimate of drug-likeness (QED) is 0.819. The Hall–Kier alpha value is -1.60. The fourth-order valence-electron chi connectivity index (χ4n) is 4.41. The molecule has 7 heteroatoms. The molecule has 0 unspecified atom stereocenters. The second-order valence-corrected chi connectivity index (χ2v) is 8.90. The van der Waals surface area contributed by atoms with Gasteiger partial charge in [-0.2, -0.15) is 22.0 Å². The maximum absolute atomic E-state index is 12.3. The third-order valence-corrected chi connectivity index (χ3v) is 6.84. The van der Waals surface area contributed by atoms with E-state index in [1.54, 1.807) is 4.68 Å². The molecule has 0 N–H and O–H groups in total. The number of rotatable bonds is 4. The van der Waals surface area contributed by atoms with E-state index in [2.05, 4.69) is 26.0 Å². The van der Waals surface area contributed by atoms with Gasteiger partial charge in [-0.15, -0.1) is 0 Å². The van der Waals surface area contributed by atoms with Gasteiger partial charge in [0.2, 0.25) is 0 Å². The number of nitrogens with zero attached hydrogens (tertiary/aromatic N) is 5. The van der Waals surface area contributed by atoms with E-state index < -0.39 is 0 Å². The van der Waals surface area contributed by atoms with Crippen molar-refractivity contribution in [2.24, 2.45) is 5.92 Å². The van der Waals surface area contributed by atoms with Gasteiger partial charge in [0, 0.05) is 61.6 Å². The van der Waals surface area contributed by atoms with Crippen LogP contribution in [0.15, 0.2) is 17.1 Å². The maximum Gasteiger partial charge on any atom is 0.267 e. The minimum Gasteiger partial charge on any atom is -0.298 e. The van der Waals surface area contributed by atoms with Crippen LogP contribution < -0.4 is 5.56 Å². The summed E-state index contributed by atoms with van der Waals surface area (Å²) in [6.07, 6.45) is 6.75. The van der Waals surface area contributed by atoms with Crippen molar-refractivity contribution in [3.05, 3.63) is 45.1 Å². The van der Waals surface area contributed by atoms with E-state index in [4.69, 9.17) is 0 Å². The van der Waals surface area contributed by atoms with Crippen LogP contribution in [0.25, 0.3) is 0 Å². The van der Waals surface area contributed by atoms with Crippen molar-refractivity contribution < 1.29 is 0 Å². The average molecular weight is 372 g/mol. The molecule has 26 heavy (non-hydrogen) atoms. The molecular weight excluding hydrogens is 346 g/mol. The Bertz CT molecular complexity index is 867.